The zero-order valence-corrected chi connectivity index (χ0v) is 15.0. The van der Waals surface area contributed by atoms with E-state index in [0.717, 1.165) is 28.6 Å². The molecule has 2 rings (SSSR count). The molecule has 23 heavy (non-hydrogen) atoms. The number of hydrogen-bond donors (Lipinski definition) is 1. The minimum absolute atomic E-state index is 0.0272. The summed E-state index contributed by atoms with van der Waals surface area (Å²) in [6.45, 7) is 5.74. The molecule has 0 aliphatic carbocycles. The third kappa shape index (κ3) is 5.92. The number of carbonyl (C=O) groups is 1. The molecule has 1 aromatic carbocycles. The molecule has 0 atom stereocenters. The normalized spacial score (nSPS) is 11.0. The van der Waals surface area contributed by atoms with Crippen molar-refractivity contribution >= 4 is 29.3 Å². The van der Waals surface area contributed by atoms with Crippen molar-refractivity contribution in [3.8, 4) is 0 Å². The van der Waals surface area contributed by atoms with Crippen molar-refractivity contribution < 1.29 is 4.79 Å². The first-order valence-corrected chi connectivity index (χ1v) is 9.16. The SMILES string of the molecule is CC(C)Cn1cncc1CNC(=O)CSCc1ccccc1Cl. The maximum Gasteiger partial charge on any atom is 0.230 e. The highest BCUT2D eigenvalue weighted by molar-refractivity contribution is 7.99. The number of imidazole rings is 1. The first-order valence-electron chi connectivity index (χ1n) is 7.63. The van der Waals surface area contributed by atoms with E-state index in [1.807, 2.05) is 30.6 Å². The standard InChI is InChI=1S/C17H22ClN3OS/c1-13(2)9-21-12-19-7-15(21)8-20-17(22)11-23-10-14-5-3-4-6-16(14)18/h3-7,12-13H,8-11H2,1-2H3,(H,20,22). The summed E-state index contributed by atoms with van der Waals surface area (Å²) >= 11 is 7.67. The summed E-state index contributed by atoms with van der Waals surface area (Å²) in [6, 6.07) is 7.71. The Morgan fingerprint density at radius 1 is 1.39 bits per heavy atom. The maximum atomic E-state index is 12.0. The van der Waals surface area contributed by atoms with Crippen LogP contribution in [0.25, 0.3) is 0 Å². The summed E-state index contributed by atoms with van der Waals surface area (Å²) in [7, 11) is 0. The summed E-state index contributed by atoms with van der Waals surface area (Å²) in [5.41, 5.74) is 2.09. The predicted octanol–water partition coefficient (Wildman–Crippen LogP) is 3.74. The number of rotatable bonds is 8. The number of thioether (sulfide) groups is 1. The van der Waals surface area contributed by atoms with E-state index in [9.17, 15) is 4.79 Å². The molecule has 0 fully saturated rings. The van der Waals surface area contributed by atoms with Crippen LogP contribution >= 0.6 is 23.4 Å². The van der Waals surface area contributed by atoms with Crippen LogP contribution in [0.1, 0.15) is 25.1 Å². The lowest BCUT2D eigenvalue weighted by Crippen LogP contribution is -2.26. The van der Waals surface area contributed by atoms with Crippen molar-refractivity contribution in [3.05, 3.63) is 53.1 Å². The second-order valence-electron chi connectivity index (χ2n) is 5.79. The number of nitrogens with one attached hydrogen (secondary N) is 1. The van der Waals surface area contributed by atoms with Crippen LogP contribution in [0, 0.1) is 5.92 Å². The molecule has 0 saturated carbocycles. The van der Waals surface area contributed by atoms with Gasteiger partial charge in [0.15, 0.2) is 0 Å². The number of amides is 1. The first-order chi connectivity index (χ1) is 11.1. The maximum absolute atomic E-state index is 12.0. The van der Waals surface area contributed by atoms with Gasteiger partial charge in [-0.2, -0.15) is 0 Å². The van der Waals surface area contributed by atoms with E-state index in [0.29, 0.717) is 18.2 Å². The first kappa shape index (κ1) is 17.9. The zero-order valence-electron chi connectivity index (χ0n) is 13.5. The van der Waals surface area contributed by atoms with Crippen LogP contribution in [0.5, 0.6) is 0 Å². The number of halogens is 1. The van der Waals surface area contributed by atoms with Crippen LogP contribution in [0.3, 0.4) is 0 Å². The minimum Gasteiger partial charge on any atom is -0.350 e. The monoisotopic (exact) mass is 351 g/mol. The number of carbonyl (C=O) groups excluding carboxylic acids is 1. The Morgan fingerprint density at radius 3 is 2.91 bits per heavy atom. The molecule has 2 aromatic rings. The van der Waals surface area contributed by atoms with Gasteiger partial charge in [0.05, 0.1) is 24.3 Å². The second kappa shape index (κ2) is 8.99. The largest absolute Gasteiger partial charge is 0.350 e. The van der Waals surface area contributed by atoms with E-state index in [1.54, 1.807) is 18.0 Å². The van der Waals surface area contributed by atoms with E-state index < -0.39 is 0 Å². The average molecular weight is 352 g/mol. The van der Waals surface area contributed by atoms with Crippen molar-refractivity contribution in [2.45, 2.75) is 32.7 Å². The Morgan fingerprint density at radius 2 is 2.17 bits per heavy atom. The fraction of sp³-hybridized carbons (Fsp3) is 0.412. The van der Waals surface area contributed by atoms with Crippen LogP contribution in [0.2, 0.25) is 5.02 Å². The molecule has 0 saturated heterocycles. The molecule has 0 spiro atoms. The van der Waals surface area contributed by atoms with E-state index in [4.69, 9.17) is 11.6 Å². The fourth-order valence-corrected chi connectivity index (χ4v) is 3.31. The van der Waals surface area contributed by atoms with Gasteiger partial charge in [0, 0.05) is 23.5 Å². The molecule has 0 aliphatic heterocycles. The van der Waals surface area contributed by atoms with E-state index >= 15 is 0 Å². The summed E-state index contributed by atoms with van der Waals surface area (Å²) in [5, 5.41) is 3.69. The van der Waals surface area contributed by atoms with Crippen LogP contribution in [-0.2, 0) is 23.6 Å². The topological polar surface area (TPSA) is 46.9 Å². The minimum atomic E-state index is 0.0272. The van der Waals surface area contributed by atoms with Gasteiger partial charge in [-0.05, 0) is 17.5 Å². The molecule has 124 valence electrons. The molecular weight excluding hydrogens is 330 g/mol. The molecule has 0 aliphatic rings. The number of benzene rings is 1. The van der Waals surface area contributed by atoms with Gasteiger partial charge < -0.3 is 9.88 Å². The van der Waals surface area contributed by atoms with Gasteiger partial charge in [0.1, 0.15) is 0 Å². The average Bonchev–Trinajstić information content (AvgIpc) is 2.93. The lowest BCUT2D eigenvalue weighted by Gasteiger charge is -2.11. The van der Waals surface area contributed by atoms with Crippen LogP contribution in [0.4, 0.5) is 0 Å². The highest BCUT2D eigenvalue weighted by Gasteiger charge is 2.07. The Kier molecular flexibility index (Phi) is 6.99. The molecule has 4 nitrogen and oxygen atoms in total. The van der Waals surface area contributed by atoms with Gasteiger partial charge in [0.2, 0.25) is 5.91 Å². The molecule has 0 bridgehead atoms. The van der Waals surface area contributed by atoms with Gasteiger partial charge in [-0.15, -0.1) is 11.8 Å². The van der Waals surface area contributed by atoms with Crippen LogP contribution < -0.4 is 5.32 Å². The van der Waals surface area contributed by atoms with Crippen molar-refractivity contribution in [3.63, 3.8) is 0 Å². The Labute approximate surface area is 146 Å². The van der Waals surface area contributed by atoms with Crippen LogP contribution in [-0.4, -0.2) is 21.2 Å². The quantitative estimate of drug-likeness (QED) is 0.788. The van der Waals surface area contributed by atoms with Gasteiger partial charge in [-0.1, -0.05) is 43.6 Å². The highest BCUT2D eigenvalue weighted by Crippen LogP contribution is 2.20. The summed E-state index contributed by atoms with van der Waals surface area (Å²) < 4.78 is 2.09. The Hall–Kier alpha value is -1.46. The van der Waals surface area contributed by atoms with Crippen LogP contribution in [0.15, 0.2) is 36.8 Å². The predicted molar refractivity (Wildman–Crippen MR) is 96.5 cm³/mol. The fourth-order valence-electron chi connectivity index (χ4n) is 2.16. The lowest BCUT2D eigenvalue weighted by molar-refractivity contribution is -0.118. The molecule has 1 heterocycles. The van der Waals surface area contributed by atoms with Gasteiger partial charge in [0.25, 0.3) is 0 Å². The lowest BCUT2D eigenvalue weighted by atomic mass is 10.2. The van der Waals surface area contributed by atoms with Crippen molar-refractivity contribution in [1.82, 2.24) is 14.9 Å². The van der Waals surface area contributed by atoms with Gasteiger partial charge >= 0.3 is 0 Å². The molecule has 0 unspecified atom stereocenters. The second-order valence-corrected chi connectivity index (χ2v) is 7.18. The number of nitrogens with zero attached hydrogens (tertiary/aromatic N) is 2. The zero-order chi connectivity index (χ0) is 16.7. The molecule has 6 heteroatoms. The smallest absolute Gasteiger partial charge is 0.230 e. The molecule has 0 radical (unpaired) electrons. The molecule has 1 aromatic heterocycles. The Bertz CT molecular complexity index is 642. The van der Waals surface area contributed by atoms with Gasteiger partial charge in [-0.25, -0.2) is 4.98 Å². The van der Waals surface area contributed by atoms with E-state index in [1.165, 1.54) is 0 Å². The highest BCUT2D eigenvalue weighted by atomic mass is 35.5. The summed E-state index contributed by atoms with van der Waals surface area (Å²) in [6.07, 6.45) is 3.62. The van der Waals surface area contributed by atoms with Gasteiger partial charge in [-0.3, -0.25) is 4.79 Å². The molecule has 1 N–H and O–H groups in total. The Balaban J connectivity index is 1.73. The van der Waals surface area contributed by atoms with Crippen molar-refractivity contribution in [2.24, 2.45) is 5.92 Å². The third-order valence-corrected chi connectivity index (χ3v) is 4.63. The number of hydrogen-bond acceptors (Lipinski definition) is 3. The van der Waals surface area contributed by atoms with E-state index in [-0.39, 0.29) is 5.91 Å². The molecule has 1 amide bonds. The summed E-state index contributed by atoms with van der Waals surface area (Å²) in [5.74, 6) is 1.73. The van der Waals surface area contributed by atoms with Crippen molar-refractivity contribution in [2.75, 3.05) is 5.75 Å². The van der Waals surface area contributed by atoms with Crippen molar-refractivity contribution in [1.29, 1.82) is 0 Å². The summed E-state index contributed by atoms with van der Waals surface area (Å²) in [4.78, 5) is 16.1. The third-order valence-electron chi connectivity index (χ3n) is 3.28. The molecular formula is C17H22ClN3OS. The van der Waals surface area contributed by atoms with E-state index in [2.05, 4.69) is 28.7 Å². The number of aromatic nitrogens is 2.